The number of carbonyl (C=O) groups excluding carboxylic acids is 1. The van der Waals surface area contributed by atoms with Gasteiger partial charge in [-0.1, -0.05) is 30.3 Å². The standard InChI is InChI=1S/C22H24N4O3/c1-29-19-11-7-16(8-12-19)15-20(27)23-13-14-25-22(28)26(18-5-3-2-4-6-18)21(24-25)17-9-10-17/h2-8,11-12,17H,9-10,13-15H2,1H3,(H,23,27). The number of aromatic nitrogens is 3. The van der Waals surface area contributed by atoms with Gasteiger partial charge in [0.05, 0.1) is 25.8 Å². The van der Waals surface area contributed by atoms with E-state index in [-0.39, 0.29) is 18.0 Å². The van der Waals surface area contributed by atoms with Crippen molar-refractivity contribution in [1.82, 2.24) is 19.7 Å². The molecule has 0 radical (unpaired) electrons. The average Bonchev–Trinajstić information content (AvgIpc) is 3.54. The number of nitrogens with zero attached hydrogens (tertiary/aromatic N) is 3. The number of benzene rings is 2. The highest BCUT2D eigenvalue weighted by Crippen LogP contribution is 2.39. The molecule has 0 saturated heterocycles. The number of hydrogen-bond donors (Lipinski definition) is 1. The molecule has 1 heterocycles. The quantitative estimate of drug-likeness (QED) is 0.638. The van der Waals surface area contributed by atoms with Crippen LogP contribution in [0.1, 0.15) is 30.1 Å². The molecule has 7 heteroatoms. The van der Waals surface area contributed by atoms with Crippen molar-refractivity contribution in [3.8, 4) is 11.4 Å². The molecule has 1 amide bonds. The minimum Gasteiger partial charge on any atom is -0.497 e. The molecular formula is C22H24N4O3. The normalized spacial score (nSPS) is 13.3. The van der Waals surface area contributed by atoms with Crippen LogP contribution in [0.15, 0.2) is 59.4 Å². The Bertz CT molecular complexity index is 1030. The maximum absolute atomic E-state index is 12.9. The van der Waals surface area contributed by atoms with Gasteiger partial charge in [-0.3, -0.25) is 4.79 Å². The van der Waals surface area contributed by atoms with Gasteiger partial charge in [-0.25, -0.2) is 14.0 Å². The molecule has 7 nitrogen and oxygen atoms in total. The molecule has 0 unspecified atom stereocenters. The largest absolute Gasteiger partial charge is 0.497 e. The zero-order chi connectivity index (χ0) is 20.2. The number of hydrogen-bond acceptors (Lipinski definition) is 4. The molecule has 0 bridgehead atoms. The SMILES string of the molecule is COc1ccc(CC(=O)NCCn2nc(C3CC3)n(-c3ccccc3)c2=O)cc1. The Morgan fingerprint density at radius 1 is 1.14 bits per heavy atom. The average molecular weight is 392 g/mol. The smallest absolute Gasteiger partial charge is 0.350 e. The second-order valence-electron chi connectivity index (χ2n) is 7.18. The Kier molecular flexibility index (Phi) is 5.46. The lowest BCUT2D eigenvalue weighted by Crippen LogP contribution is -2.32. The van der Waals surface area contributed by atoms with E-state index in [2.05, 4.69) is 10.4 Å². The minimum absolute atomic E-state index is 0.0897. The van der Waals surface area contributed by atoms with Crippen LogP contribution in [0.3, 0.4) is 0 Å². The van der Waals surface area contributed by atoms with Gasteiger partial charge in [-0.05, 0) is 42.7 Å². The predicted octanol–water partition coefficient (Wildman–Crippen LogP) is 2.28. The topological polar surface area (TPSA) is 78.2 Å². The lowest BCUT2D eigenvalue weighted by Gasteiger charge is -2.06. The van der Waals surface area contributed by atoms with Gasteiger partial charge in [0, 0.05) is 12.5 Å². The number of rotatable bonds is 8. The fourth-order valence-corrected chi connectivity index (χ4v) is 3.29. The number of ether oxygens (including phenoxy) is 1. The molecule has 3 aromatic rings. The second-order valence-corrected chi connectivity index (χ2v) is 7.18. The molecule has 1 fully saturated rings. The summed E-state index contributed by atoms with van der Waals surface area (Å²) in [6, 6.07) is 17.0. The molecule has 29 heavy (non-hydrogen) atoms. The highest BCUT2D eigenvalue weighted by molar-refractivity contribution is 5.78. The van der Waals surface area contributed by atoms with Gasteiger partial charge in [0.1, 0.15) is 11.6 Å². The van der Waals surface area contributed by atoms with Crippen LogP contribution in [0.5, 0.6) is 5.75 Å². The van der Waals surface area contributed by atoms with Crippen LogP contribution in [-0.2, 0) is 17.8 Å². The fourth-order valence-electron chi connectivity index (χ4n) is 3.29. The van der Waals surface area contributed by atoms with E-state index in [1.54, 1.807) is 11.7 Å². The first-order valence-corrected chi connectivity index (χ1v) is 9.80. The summed E-state index contributed by atoms with van der Waals surface area (Å²) >= 11 is 0. The van der Waals surface area contributed by atoms with Crippen molar-refractivity contribution in [3.63, 3.8) is 0 Å². The molecule has 0 spiro atoms. The Balaban J connectivity index is 1.39. The number of methoxy groups -OCH3 is 1. The molecular weight excluding hydrogens is 368 g/mol. The van der Waals surface area contributed by atoms with E-state index in [4.69, 9.17) is 4.74 Å². The van der Waals surface area contributed by atoms with Crippen molar-refractivity contribution >= 4 is 5.91 Å². The molecule has 1 N–H and O–H groups in total. The summed E-state index contributed by atoms with van der Waals surface area (Å²) < 4.78 is 8.27. The molecule has 1 aliphatic rings. The van der Waals surface area contributed by atoms with E-state index in [0.717, 1.165) is 35.7 Å². The van der Waals surface area contributed by atoms with Gasteiger partial charge in [-0.15, -0.1) is 0 Å². The number of nitrogens with one attached hydrogen (secondary N) is 1. The lowest BCUT2D eigenvalue weighted by atomic mass is 10.1. The van der Waals surface area contributed by atoms with Crippen LogP contribution < -0.4 is 15.7 Å². The maximum Gasteiger partial charge on any atom is 0.350 e. The summed E-state index contributed by atoms with van der Waals surface area (Å²) in [4.78, 5) is 25.1. The minimum atomic E-state index is -0.164. The third-order valence-corrected chi connectivity index (χ3v) is 4.99. The molecule has 2 aromatic carbocycles. The monoisotopic (exact) mass is 392 g/mol. The zero-order valence-electron chi connectivity index (χ0n) is 16.4. The predicted molar refractivity (Wildman–Crippen MR) is 110 cm³/mol. The van der Waals surface area contributed by atoms with Gasteiger partial charge >= 0.3 is 5.69 Å². The number of amides is 1. The first-order valence-electron chi connectivity index (χ1n) is 9.80. The summed E-state index contributed by atoms with van der Waals surface area (Å²) in [5.74, 6) is 1.82. The summed E-state index contributed by atoms with van der Waals surface area (Å²) in [5, 5.41) is 7.42. The first kappa shape index (κ1) is 19.0. The molecule has 0 aliphatic heterocycles. The van der Waals surface area contributed by atoms with Gasteiger partial charge in [-0.2, -0.15) is 5.10 Å². The Hall–Kier alpha value is -3.35. The van der Waals surface area contributed by atoms with Crippen LogP contribution in [0, 0.1) is 0 Å². The van der Waals surface area contributed by atoms with Crippen molar-refractivity contribution in [1.29, 1.82) is 0 Å². The third-order valence-electron chi connectivity index (χ3n) is 4.99. The third kappa shape index (κ3) is 4.39. The van der Waals surface area contributed by atoms with Crippen LogP contribution in [-0.4, -0.2) is 33.9 Å². The second kappa shape index (κ2) is 8.34. The van der Waals surface area contributed by atoms with E-state index in [0.29, 0.717) is 19.0 Å². The van der Waals surface area contributed by atoms with Gasteiger partial charge in [0.15, 0.2) is 0 Å². The summed E-state index contributed by atoms with van der Waals surface area (Å²) in [6.45, 7) is 0.692. The first-order chi connectivity index (χ1) is 14.2. The van der Waals surface area contributed by atoms with E-state index in [1.807, 2.05) is 54.6 Å². The Morgan fingerprint density at radius 3 is 2.52 bits per heavy atom. The van der Waals surface area contributed by atoms with E-state index in [1.165, 1.54) is 4.68 Å². The number of para-hydroxylation sites is 1. The van der Waals surface area contributed by atoms with Crippen LogP contribution >= 0.6 is 0 Å². The van der Waals surface area contributed by atoms with E-state index >= 15 is 0 Å². The lowest BCUT2D eigenvalue weighted by molar-refractivity contribution is -0.120. The van der Waals surface area contributed by atoms with Crippen molar-refractivity contribution < 1.29 is 9.53 Å². The Labute approximate surface area is 168 Å². The van der Waals surface area contributed by atoms with Gasteiger partial charge in [0.2, 0.25) is 5.91 Å². The maximum atomic E-state index is 12.9. The molecule has 150 valence electrons. The van der Waals surface area contributed by atoms with Crippen molar-refractivity contribution in [3.05, 3.63) is 76.5 Å². The molecule has 1 aromatic heterocycles. The fraction of sp³-hybridized carbons (Fsp3) is 0.318. The van der Waals surface area contributed by atoms with Gasteiger partial charge < -0.3 is 10.1 Å². The highest BCUT2D eigenvalue weighted by Gasteiger charge is 2.31. The molecule has 0 atom stereocenters. The summed E-state index contributed by atoms with van der Waals surface area (Å²) in [6.07, 6.45) is 2.40. The number of carbonyl (C=O) groups is 1. The molecule has 4 rings (SSSR count). The molecule has 1 aliphatic carbocycles. The van der Waals surface area contributed by atoms with Crippen LogP contribution in [0.4, 0.5) is 0 Å². The van der Waals surface area contributed by atoms with Crippen LogP contribution in [0.25, 0.3) is 5.69 Å². The molecule has 1 saturated carbocycles. The van der Waals surface area contributed by atoms with Crippen molar-refractivity contribution in [2.75, 3.05) is 13.7 Å². The van der Waals surface area contributed by atoms with Crippen LogP contribution in [0.2, 0.25) is 0 Å². The zero-order valence-corrected chi connectivity index (χ0v) is 16.4. The highest BCUT2D eigenvalue weighted by atomic mass is 16.5. The van der Waals surface area contributed by atoms with E-state index in [9.17, 15) is 9.59 Å². The summed E-state index contributed by atoms with van der Waals surface area (Å²) in [5.41, 5.74) is 1.57. The van der Waals surface area contributed by atoms with Crippen molar-refractivity contribution in [2.45, 2.75) is 31.7 Å². The summed E-state index contributed by atoms with van der Waals surface area (Å²) in [7, 11) is 1.61. The Morgan fingerprint density at radius 2 is 1.86 bits per heavy atom. The van der Waals surface area contributed by atoms with Gasteiger partial charge in [0.25, 0.3) is 0 Å². The van der Waals surface area contributed by atoms with E-state index < -0.39 is 0 Å². The van der Waals surface area contributed by atoms with Crippen molar-refractivity contribution in [2.24, 2.45) is 0 Å².